The monoisotopic (exact) mass is 369 g/mol. The number of amides is 2. The number of hydrogen-bond acceptors (Lipinski definition) is 5. The molecule has 0 radical (unpaired) electrons. The van der Waals surface area contributed by atoms with Crippen LogP contribution in [0.2, 0.25) is 0 Å². The van der Waals surface area contributed by atoms with Crippen molar-refractivity contribution in [2.24, 2.45) is 10.7 Å². The Hall–Kier alpha value is -2.12. The van der Waals surface area contributed by atoms with Gasteiger partial charge in [0, 0.05) is 43.4 Å². The molecule has 2 N–H and O–H groups in total. The maximum atomic E-state index is 11.6. The molecule has 4 heterocycles. The quantitative estimate of drug-likeness (QED) is 0.831. The smallest absolute Gasteiger partial charge is 0.320 e. The number of urea groups is 1. The van der Waals surface area contributed by atoms with Gasteiger partial charge in [0.05, 0.1) is 6.54 Å². The molecule has 1 aromatic heterocycles. The summed E-state index contributed by atoms with van der Waals surface area (Å²) in [6, 6.07) is 1.71. The second-order valence-electron chi connectivity index (χ2n) is 6.72. The van der Waals surface area contributed by atoms with Crippen molar-refractivity contribution < 1.29 is 4.79 Å². The lowest BCUT2D eigenvalue weighted by Crippen LogP contribution is -2.40. The number of nitrogens with zero attached hydrogens (tertiary/aromatic N) is 4. The number of aryl methyl sites for hydroxylation is 1. The van der Waals surface area contributed by atoms with Crippen LogP contribution in [0.15, 0.2) is 35.0 Å². The number of aromatic nitrogens is 1. The van der Waals surface area contributed by atoms with E-state index in [1.165, 1.54) is 17.7 Å². The van der Waals surface area contributed by atoms with Gasteiger partial charge in [-0.25, -0.2) is 14.1 Å². The molecular weight excluding hydrogens is 346 g/mol. The van der Waals surface area contributed by atoms with Crippen LogP contribution in [0.4, 0.5) is 10.6 Å². The lowest BCUT2D eigenvalue weighted by Gasteiger charge is -2.27. The van der Waals surface area contributed by atoms with Gasteiger partial charge >= 0.3 is 6.03 Å². The Labute approximate surface area is 158 Å². The zero-order chi connectivity index (χ0) is 17.9. The van der Waals surface area contributed by atoms with Crippen LogP contribution in [0.25, 0.3) is 5.57 Å². The molecule has 7 heteroatoms. The van der Waals surface area contributed by atoms with E-state index in [2.05, 4.69) is 32.5 Å². The molecule has 3 aliphatic heterocycles. The summed E-state index contributed by atoms with van der Waals surface area (Å²) in [6.45, 7) is 3.37. The third-order valence-corrected chi connectivity index (χ3v) is 5.97. The molecule has 6 nitrogen and oxygen atoms in total. The highest BCUT2D eigenvalue weighted by molar-refractivity contribution is 7.97. The second-order valence-corrected chi connectivity index (χ2v) is 7.91. The first-order valence-corrected chi connectivity index (χ1v) is 9.99. The summed E-state index contributed by atoms with van der Waals surface area (Å²) < 4.78 is 2.40. The van der Waals surface area contributed by atoms with Gasteiger partial charge in [-0.3, -0.25) is 9.89 Å². The summed E-state index contributed by atoms with van der Waals surface area (Å²) >= 11 is 1.91. The lowest BCUT2D eigenvalue weighted by atomic mass is 9.99. The maximum Gasteiger partial charge on any atom is 0.320 e. The molecule has 0 saturated carbocycles. The van der Waals surface area contributed by atoms with E-state index in [-0.39, 0.29) is 0 Å². The van der Waals surface area contributed by atoms with Gasteiger partial charge in [-0.05, 0) is 48.1 Å². The van der Waals surface area contributed by atoms with Gasteiger partial charge in [-0.15, -0.1) is 0 Å². The number of aliphatic imine (C=N–C) groups is 1. The maximum absolute atomic E-state index is 11.6. The fourth-order valence-electron chi connectivity index (χ4n) is 3.57. The summed E-state index contributed by atoms with van der Waals surface area (Å²) in [6.07, 6.45) is 11.3. The number of allylic oxidation sites excluding steroid dienone is 2. The Morgan fingerprint density at radius 1 is 1.31 bits per heavy atom. The molecule has 0 spiro atoms. The summed E-state index contributed by atoms with van der Waals surface area (Å²) in [4.78, 5) is 22.2. The zero-order valence-electron chi connectivity index (χ0n) is 14.7. The van der Waals surface area contributed by atoms with Crippen LogP contribution in [0.1, 0.15) is 24.0 Å². The number of nitrogens with two attached hydrogens (primary N) is 1. The molecule has 0 atom stereocenters. The molecule has 0 unspecified atom stereocenters. The largest absolute Gasteiger partial charge is 0.351 e. The number of primary amides is 1. The molecule has 0 aliphatic carbocycles. The summed E-state index contributed by atoms with van der Waals surface area (Å²) in [5.74, 6) is 1.91. The second kappa shape index (κ2) is 7.63. The molecule has 0 aromatic carbocycles. The van der Waals surface area contributed by atoms with E-state index in [1.54, 1.807) is 4.90 Å². The standard InChI is InChI=1S/C19H23N5OS/c20-19(25)24-7-1-3-16-10-17(12-22-18(16)24)15-4-5-21-11-14(9-15)13-23-6-2-8-26-23/h4,9-12H,1-3,5-8,13H2,(H2,20,25). The third-order valence-electron chi connectivity index (χ3n) is 4.82. The van der Waals surface area contributed by atoms with Crippen LogP contribution in [0.5, 0.6) is 0 Å². The average molecular weight is 369 g/mol. The number of rotatable bonds is 3. The topological polar surface area (TPSA) is 74.8 Å². The SMILES string of the molecule is NC(=O)N1CCCc2cc(C3=CCN=CC(CN4CCCS4)=C3)cnc21. The van der Waals surface area contributed by atoms with Gasteiger partial charge in [0.1, 0.15) is 5.82 Å². The van der Waals surface area contributed by atoms with E-state index in [4.69, 9.17) is 5.73 Å². The van der Waals surface area contributed by atoms with Crippen LogP contribution in [-0.2, 0) is 6.42 Å². The highest BCUT2D eigenvalue weighted by Crippen LogP contribution is 2.29. The first-order chi connectivity index (χ1) is 12.7. The van der Waals surface area contributed by atoms with Crippen molar-refractivity contribution in [3.8, 4) is 0 Å². The molecule has 1 fully saturated rings. The first-order valence-electron chi connectivity index (χ1n) is 9.05. The highest BCUT2D eigenvalue weighted by atomic mass is 32.2. The Bertz CT molecular complexity index is 795. The first kappa shape index (κ1) is 17.3. The number of hydrogen-bond donors (Lipinski definition) is 1. The van der Waals surface area contributed by atoms with Crippen molar-refractivity contribution in [3.63, 3.8) is 0 Å². The minimum absolute atomic E-state index is 0.432. The fourth-order valence-corrected chi connectivity index (χ4v) is 4.58. The van der Waals surface area contributed by atoms with Crippen molar-refractivity contribution in [2.75, 3.05) is 36.8 Å². The molecule has 4 rings (SSSR count). The number of fused-ring (bicyclic) bond motifs is 1. The minimum Gasteiger partial charge on any atom is -0.351 e. The number of pyridine rings is 1. The Morgan fingerprint density at radius 3 is 3.04 bits per heavy atom. The minimum atomic E-state index is -0.432. The van der Waals surface area contributed by atoms with Crippen LogP contribution >= 0.6 is 11.9 Å². The van der Waals surface area contributed by atoms with Gasteiger partial charge in [0.15, 0.2) is 0 Å². The predicted molar refractivity (Wildman–Crippen MR) is 108 cm³/mol. The molecule has 2 amide bonds. The predicted octanol–water partition coefficient (Wildman–Crippen LogP) is 2.66. The Balaban J connectivity index is 1.60. The van der Waals surface area contributed by atoms with Crippen LogP contribution in [0.3, 0.4) is 0 Å². The highest BCUT2D eigenvalue weighted by Gasteiger charge is 2.22. The van der Waals surface area contributed by atoms with Gasteiger partial charge < -0.3 is 5.73 Å². The summed E-state index contributed by atoms with van der Waals surface area (Å²) in [7, 11) is 0. The van der Waals surface area contributed by atoms with Crippen LogP contribution < -0.4 is 10.6 Å². The number of anilines is 1. The molecule has 0 bridgehead atoms. The van der Waals surface area contributed by atoms with Crippen molar-refractivity contribution in [1.29, 1.82) is 0 Å². The van der Waals surface area contributed by atoms with E-state index in [1.807, 2.05) is 24.4 Å². The summed E-state index contributed by atoms with van der Waals surface area (Å²) in [5, 5.41) is 0. The molecular formula is C19H23N5OS. The molecule has 1 aromatic rings. The zero-order valence-corrected chi connectivity index (χ0v) is 15.5. The van der Waals surface area contributed by atoms with Crippen LogP contribution in [0, 0.1) is 0 Å². The average Bonchev–Trinajstić information content (AvgIpc) is 3.04. The van der Waals surface area contributed by atoms with Crippen molar-refractivity contribution >= 4 is 35.6 Å². The van der Waals surface area contributed by atoms with Gasteiger partial charge in [0.25, 0.3) is 0 Å². The van der Waals surface area contributed by atoms with Gasteiger partial charge in [-0.2, -0.15) is 0 Å². The molecule has 1 saturated heterocycles. The van der Waals surface area contributed by atoms with E-state index in [9.17, 15) is 4.79 Å². The van der Waals surface area contributed by atoms with Gasteiger partial charge in [0.2, 0.25) is 0 Å². The van der Waals surface area contributed by atoms with Crippen molar-refractivity contribution in [1.82, 2.24) is 9.29 Å². The Kier molecular flexibility index (Phi) is 5.08. The third kappa shape index (κ3) is 3.68. The normalized spacial score (nSPS) is 20.4. The Morgan fingerprint density at radius 2 is 2.23 bits per heavy atom. The number of carbonyl (C=O) groups is 1. The number of carbonyl (C=O) groups excluding carboxylic acids is 1. The van der Waals surface area contributed by atoms with Gasteiger partial charge in [-0.1, -0.05) is 18.0 Å². The van der Waals surface area contributed by atoms with Crippen molar-refractivity contribution in [2.45, 2.75) is 19.3 Å². The molecule has 26 heavy (non-hydrogen) atoms. The fraction of sp³-hybridized carbons (Fsp3) is 0.421. The van der Waals surface area contributed by atoms with E-state index >= 15 is 0 Å². The van der Waals surface area contributed by atoms with E-state index < -0.39 is 6.03 Å². The van der Waals surface area contributed by atoms with Crippen molar-refractivity contribution in [3.05, 3.63) is 41.1 Å². The van der Waals surface area contributed by atoms with E-state index in [0.29, 0.717) is 18.9 Å². The molecule has 136 valence electrons. The lowest BCUT2D eigenvalue weighted by molar-refractivity contribution is 0.253. The van der Waals surface area contributed by atoms with Crippen LogP contribution in [-0.4, -0.2) is 53.5 Å². The summed E-state index contributed by atoms with van der Waals surface area (Å²) in [5.41, 5.74) is 10.0. The van der Waals surface area contributed by atoms with E-state index in [0.717, 1.165) is 42.6 Å². The molecule has 3 aliphatic rings.